The van der Waals surface area contributed by atoms with Crippen molar-refractivity contribution >= 4 is 12.0 Å². The maximum Gasteiger partial charge on any atom is 0.334 e. The average molecular weight is 272 g/mol. The minimum absolute atomic E-state index is 0.00518. The molecule has 0 aromatic rings. The second kappa shape index (κ2) is 7.33. The highest BCUT2D eigenvalue weighted by Gasteiger charge is 2.25. The minimum atomic E-state index is -1.07. The number of hydrogen-bond acceptors (Lipinski definition) is 3. The van der Waals surface area contributed by atoms with Gasteiger partial charge in [0.2, 0.25) is 0 Å². The summed E-state index contributed by atoms with van der Waals surface area (Å²) >= 11 is 0. The highest BCUT2D eigenvalue weighted by atomic mass is 16.5. The molecule has 1 aliphatic heterocycles. The zero-order chi connectivity index (χ0) is 14.4. The Hall–Kier alpha value is -1.30. The number of hydrogen-bond donors (Lipinski definition) is 2. The van der Waals surface area contributed by atoms with Crippen LogP contribution in [0.5, 0.6) is 0 Å². The van der Waals surface area contributed by atoms with Gasteiger partial charge >= 0.3 is 12.0 Å². The van der Waals surface area contributed by atoms with Gasteiger partial charge in [-0.05, 0) is 24.7 Å². The number of aliphatic carboxylic acids is 1. The van der Waals surface area contributed by atoms with Gasteiger partial charge in [0.05, 0.1) is 6.54 Å². The summed E-state index contributed by atoms with van der Waals surface area (Å²) in [4.78, 5) is 24.4. The average Bonchev–Trinajstić information content (AvgIpc) is 2.38. The minimum Gasteiger partial charge on any atom is -0.479 e. The molecule has 0 spiro atoms. The number of likely N-dealkylation sites (tertiary alicyclic amines) is 1. The number of carboxylic acids is 1. The third-order valence-electron chi connectivity index (χ3n) is 3.77. The zero-order valence-corrected chi connectivity index (χ0v) is 11.9. The maximum atomic E-state index is 11.9. The lowest BCUT2D eigenvalue weighted by Gasteiger charge is -2.34. The van der Waals surface area contributed by atoms with Crippen molar-refractivity contribution in [1.29, 1.82) is 0 Å². The summed E-state index contributed by atoms with van der Waals surface area (Å²) in [6.45, 7) is 5.88. The molecule has 1 fully saturated rings. The highest BCUT2D eigenvalue weighted by Crippen LogP contribution is 2.24. The van der Waals surface area contributed by atoms with E-state index in [1.807, 2.05) is 0 Å². The molecule has 19 heavy (non-hydrogen) atoms. The molecule has 1 saturated heterocycles. The number of nitrogens with one attached hydrogen (secondary N) is 1. The Morgan fingerprint density at radius 1 is 1.37 bits per heavy atom. The van der Waals surface area contributed by atoms with Crippen LogP contribution in [0.15, 0.2) is 0 Å². The number of methoxy groups -OCH3 is 1. The Morgan fingerprint density at radius 3 is 2.37 bits per heavy atom. The molecule has 0 bridgehead atoms. The van der Waals surface area contributed by atoms with Crippen molar-refractivity contribution in [3.8, 4) is 0 Å². The molecule has 0 aromatic carbocycles. The van der Waals surface area contributed by atoms with Crippen LogP contribution in [0.3, 0.4) is 0 Å². The number of amides is 2. The van der Waals surface area contributed by atoms with E-state index in [0.29, 0.717) is 11.8 Å². The van der Waals surface area contributed by atoms with E-state index in [9.17, 15) is 9.59 Å². The van der Waals surface area contributed by atoms with Crippen LogP contribution in [0.25, 0.3) is 0 Å². The number of rotatable bonds is 5. The normalized spacial score (nSPS) is 18.4. The van der Waals surface area contributed by atoms with Gasteiger partial charge in [-0.2, -0.15) is 0 Å². The Labute approximate surface area is 114 Å². The van der Waals surface area contributed by atoms with Crippen molar-refractivity contribution in [3.63, 3.8) is 0 Å². The van der Waals surface area contributed by atoms with E-state index in [0.717, 1.165) is 25.9 Å². The topological polar surface area (TPSA) is 78.9 Å². The summed E-state index contributed by atoms with van der Waals surface area (Å²) in [5.41, 5.74) is 0. The van der Waals surface area contributed by atoms with Gasteiger partial charge in [0.1, 0.15) is 0 Å². The van der Waals surface area contributed by atoms with Crippen molar-refractivity contribution in [1.82, 2.24) is 10.2 Å². The van der Waals surface area contributed by atoms with E-state index in [1.165, 1.54) is 7.11 Å². The van der Waals surface area contributed by atoms with Gasteiger partial charge in [-0.15, -0.1) is 0 Å². The molecule has 2 amide bonds. The summed E-state index contributed by atoms with van der Waals surface area (Å²) < 4.78 is 4.77. The third kappa shape index (κ3) is 4.70. The summed E-state index contributed by atoms with van der Waals surface area (Å²) in [6.07, 6.45) is 1.03. The van der Waals surface area contributed by atoms with Crippen molar-refractivity contribution in [3.05, 3.63) is 0 Å². The number of ether oxygens (including phenoxy) is 1. The Bertz CT molecular complexity index is 312. The second-order valence-electron chi connectivity index (χ2n) is 5.32. The van der Waals surface area contributed by atoms with Crippen LogP contribution in [0.4, 0.5) is 4.79 Å². The first kappa shape index (κ1) is 15.8. The first-order chi connectivity index (χ1) is 8.95. The number of carbonyl (C=O) groups excluding carboxylic acids is 1. The van der Waals surface area contributed by atoms with Gasteiger partial charge in [0.25, 0.3) is 0 Å². The van der Waals surface area contributed by atoms with Crippen molar-refractivity contribution < 1.29 is 19.4 Å². The van der Waals surface area contributed by atoms with Gasteiger partial charge in [-0.1, -0.05) is 13.8 Å². The Morgan fingerprint density at radius 2 is 1.95 bits per heavy atom. The van der Waals surface area contributed by atoms with Gasteiger partial charge in [0, 0.05) is 20.2 Å². The standard InChI is InChI=1S/C13H24N2O4/c1-9(2)10-4-6-15(7-5-10)13(18)14-8-11(19-3)12(16)17/h9-11H,4-8H2,1-3H3,(H,14,18)(H,16,17). The van der Waals surface area contributed by atoms with Crippen LogP contribution in [0.2, 0.25) is 0 Å². The Balaban J connectivity index is 2.33. The van der Waals surface area contributed by atoms with Crippen LogP contribution >= 0.6 is 0 Å². The fourth-order valence-electron chi connectivity index (χ4n) is 2.33. The smallest absolute Gasteiger partial charge is 0.334 e. The molecule has 1 aliphatic rings. The van der Waals surface area contributed by atoms with Gasteiger partial charge in [-0.3, -0.25) is 0 Å². The zero-order valence-electron chi connectivity index (χ0n) is 11.9. The molecular formula is C13H24N2O4. The molecule has 0 radical (unpaired) electrons. The van der Waals surface area contributed by atoms with Crippen LogP contribution in [-0.4, -0.2) is 54.9 Å². The molecule has 1 unspecified atom stereocenters. The molecule has 0 aromatic heterocycles. The maximum absolute atomic E-state index is 11.9. The molecule has 110 valence electrons. The molecule has 1 atom stereocenters. The first-order valence-corrected chi connectivity index (χ1v) is 6.74. The molecule has 0 aliphatic carbocycles. The van der Waals surface area contributed by atoms with Gasteiger partial charge in [0.15, 0.2) is 6.10 Å². The predicted molar refractivity (Wildman–Crippen MR) is 71.0 cm³/mol. The molecule has 2 N–H and O–H groups in total. The monoisotopic (exact) mass is 272 g/mol. The van der Waals surface area contributed by atoms with E-state index >= 15 is 0 Å². The van der Waals surface area contributed by atoms with E-state index in [-0.39, 0.29) is 12.6 Å². The third-order valence-corrected chi connectivity index (χ3v) is 3.77. The van der Waals surface area contributed by atoms with Crippen LogP contribution in [0.1, 0.15) is 26.7 Å². The van der Waals surface area contributed by atoms with Crippen molar-refractivity contribution in [2.45, 2.75) is 32.8 Å². The number of piperidine rings is 1. The van der Waals surface area contributed by atoms with E-state index in [1.54, 1.807) is 4.90 Å². The van der Waals surface area contributed by atoms with E-state index in [4.69, 9.17) is 9.84 Å². The number of carboxylic acid groups (broad SMARTS) is 1. The largest absolute Gasteiger partial charge is 0.479 e. The highest BCUT2D eigenvalue weighted by molar-refractivity contribution is 5.77. The molecule has 6 nitrogen and oxygen atoms in total. The van der Waals surface area contributed by atoms with Crippen molar-refractivity contribution in [2.24, 2.45) is 11.8 Å². The fraction of sp³-hybridized carbons (Fsp3) is 0.846. The predicted octanol–water partition coefficient (Wildman–Crippen LogP) is 1.16. The first-order valence-electron chi connectivity index (χ1n) is 6.74. The molecular weight excluding hydrogens is 248 g/mol. The van der Waals surface area contributed by atoms with Crippen LogP contribution < -0.4 is 5.32 Å². The molecule has 0 saturated carbocycles. The number of carbonyl (C=O) groups is 2. The lowest BCUT2D eigenvalue weighted by molar-refractivity contribution is -0.148. The molecule has 6 heteroatoms. The van der Waals surface area contributed by atoms with Gasteiger partial charge < -0.3 is 20.1 Å². The fourth-order valence-corrected chi connectivity index (χ4v) is 2.33. The quantitative estimate of drug-likeness (QED) is 0.787. The molecule has 1 rings (SSSR count). The number of urea groups is 1. The van der Waals surface area contributed by atoms with Crippen LogP contribution in [0, 0.1) is 11.8 Å². The summed E-state index contributed by atoms with van der Waals surface area (Å²) in [5, 5.41) is 11.4. The summed E-state index contributed by atoms with van der Waals surface area (Å²) in [7, 11) is 1.32. The second-order valence-corrected chi connectivity index (χ2v) is 5.32. The van der Waals surface area contributed by atoms with Gasteiger partial charge in [-0.25, -0.2) is 9.59 Å². The van der Waals surface area contributed by atoms with Crippen LogP contribution in [-0.2, 0) is 9.53 Å². The summed E-state index contributed by atoms with van der Waals surface area (Å²) in [5.74, 6) is 0.256. The lowest BCUT2D eigenvalue weighted by Crippen LogP contribution is -2.48. The van der Waals surface area contributed by atoms with E-state index in [2.05, 4.69) is 19.2 Å². The lowest BCUT2D eigenvalue weighted by atomic mass is 9.87. The summed E-state index contributed by atoms with van der Waals surface area (Å²) in [6, 6.07) is -0.203. The SMILES string of the molecule is COC(CNC(=O)N1CCC(C(C)C)CC1)C(=O)O. The Kier molecular flexibility index (Phi) is 6.08. The molecule has 1 heterocycles. The number of nitrogens with zero attached hydrogens (tertiary/aromatic N) is 1. The van der Waals surface area contributed by atoms with E-state index < -0.39 is 12.1 Å². The van der Waals surface area contributed by atoms with Crippen molar-refractivity contribution in [2.75, 3.05) is 26.7 Å².